The number of thiocarbonyl (C=S) groups is 1. The molecule has 1 unspecified atom stereocenters. The van der Waals surface area contributed by atoms with Crippen molar-refractivity contribution < 1.29 is 5.11 Å². The molecule has 1 atom stereocenters. The highest BCUT2D eigenvalue weighted by atomic mass is 32.1. The second kappa shape index (κ2) is 7.18. The van der Waals surface area contributed by atoms with Crippen LogP contribution in [0.15, 0.2) is 41.9 Å². The molecule has 3 N–H and O–H groups in total. The fourth-order valence-corrected chi connectivity index (χ4v) is 2.52. The third kappa shape index (κ3) is 4.59. The van der Waals surface area contributed by atoms with Crippen LogP contribution in [0.1, 0.15) is 5.56 Å². The number of thiazole rings is 1. The van der Waals surface area contributed by atoms with Crippen molar-refractivity contribution in [2.24, 2.45) is 0 Å². The van der Waals surface area contributed by atoms with Crippen LogP contribution in [0.25, 0.3) is 0 Å². The van der Waals surface area contributed by atoms with Crippen LogP contribution in [0, 0.1) is 0 Å². The Morgan fingerprint density at radius 3 is 2.79 bits per heavy atom. The number of aliphatic hydroxyl groups excluding tert-OH is 1. The summed E-state index contributed by atoms with van der Waals surface area (Å²) >= 11 is 6.67. The third-order valence-electron chi connectivity index (χ3n) is 2.53. The van der Waals surface area contributed by atoms with E-state index in [2.05, 4.69) is 15.6 Å². The van der Waals surface area contributed by atoms with Gasteiger partial charge in [-0.3, -0.25) is 0 Å². The van der Waals surface area contributed by atoms with Crippen molar-refractivity contribution in [1.29, 1.82) is 0 Å². The maximum atomic E-state index is 9.40. The van der Waals surface area contributed by atoms with E-state index in [1.54, 1.807) is 6.20 Å². The number of aliphatic hydroxyl groups is 1. The monoisotopic (exact) mass is 293 g/mol. The molecule has 4 nitrogen and oxygen atoms in total. The number of aromatic nitrogens is 1. The first-order valence-electron chi connectivity index (χ1n) is 5.89. The van der Waals surface area contributed by atoms with E-state index in [4.69, 9.17) is 12.2 Å². The Kier molecular flexibility index (Phi) is 5.26. The molecule has 2 rings (SSSR count). The molecular formula is C13H15N3OS2. The van der Waals surface area contributed by atoms with Crippen molar-refractivity contribution in [2.45, 2.75) is 12.5 Å². The minimum absolute atomic E-state index is 0.0224. The molecule has 0 bridgehead atoms. The Hall–Kier alpha value is -1.50. The van der Waals surface area contributed by atoms with Gasteiger partial charge in [-0.05, 0) is 24.2 Å². The van der Waals surface area contributed by atoms with Crippen molar-refractivity contribution in [3.8, 4) is 0 Å². The molecule has 0 saturated heterocycles. The zero-order valence-electron chi connectivity index (χ0n) is 10.2. The summed E-state index contributed by atoms with van der Waals surface area (Å²) in [5, 5.41) is 18.6. The molecule has 19 heavy (non-hydrogen) atoms. The van der Waals surface area contributed by atoms with Crippen LogP contribution >= 0.6 is 23.6 Å². The van der Waals surface area contributed by atoms with E-state index < -0.39 is 0 Å². The van der Waals surface area contributed by atoms with Crippen LogP contribution in [0.4, 0.5) is 5.13 Å². The normalized spacial score (nSPS) is 11.8. The lowest BCUT2D eigenvalue weighted by molar-refractivity contribution is 0.255. The number of rotatable bonds is 5. The molecule has 6 heteroatoms. The van der Waals surface area contributed by atoms with E-state index in [0.29, 0.717) is 5.11 Å². The predicted octanol–water partition coefficient (Wildman–Crippen LogP) is 2.03. The van der Waals surface area contributed by atoms with Gasteiger partial charge in [0.15, 0.2) is 10.2 Å². The summed E-state index contributed by atoms with van der Waals surface area (Å²) < 4.78 is 0. The van der Waals surface area contributed by atoms with E-state index >= 15 is 0 Å². The lowest BCUT2D eigenvalue weighted by atomic mass is 10.1. The fraction of sp³-hybridized carbons (Fsp3) is 0.231. The van der Waals surface area contributed by atoms with Crippen LogP contribution in [-0.2, 0) is 6.42 Å². The van der Waals surface area contributed by atoms with E-state index in [1.165, 1.54) is 11.3 Å². The van der Waals surface area contributed by atoms with Crippen molar-refractivity contribution >= 4 is 33.8 Å². The summed E-state index contributed by atoms with van der Waals surface area (Å²) in [4.78, 5) is 4.09. The number of hydrogen-bond donors (Lipinski definition) is 3. The Balaban J connectivity index is 1.86. The Morgan fingerprint density at radius 2 is 2.16 bits per heavy atom. The van der Waals surface area contributed by atoms with Gasteiger partial charge in [0.05, 0.1) is 12.6 Å². The smallest absolute Gasteiger partial charge is 0.188 e. The molecule has 0 amide bonds. The van der Waals surface area contributed by atoms with Gasteiger partial charge in [0, 0.05) is 11.6 Å². The summed E-state index contributed by atoms with van der Waals surface area (Å²) in [5.41, 5.74) is 1.16. The average Bonchev–Trinajstić information content (AvgIpc) is 2.92. The minimum Gasteiger partial charge on any atom is -0.394 e. The van der Waals surface area contributed by atoms with E-state index in [0.717, 1.165) is 17.1 Å². The Morgan fingerprint density at radius 1 is 1.37 bits per heavy atom. The standard InChI is InChI=1S/C13H15N3OS2/c17-9-11(8-10-4-2-1-3-5-10)15-12(18)16-13-14-6-7-19-13/h1-7,11,17H,8-9H2,(H2,14,15,16,18). The van der Waals surface area contributed by atoms with Crippen LogP contribution in [0.5, 0.6) is 0 Å². The quantitative estimate of drug-likeness (QED) is 0.737. The van der Waals surface area contributed by atoms with Crippen LogP contribution in [0.2, 0.25) is 0 Å². The molecule has 0 fully saturated rings. The van der Waals surface area contributed by atoms with Gasteiger partial charge in [0.25, 0.3) is 0 Å². The number of hydrogen-bond acceptors (Lipinski definition) is 4. The molecule has 1 heterocycles. The number of nitrogens with one attached hydrogen (secondary N) is 2. The molecule has 100 valence electrons. The van der Waals surface area contributed by atoms with Gasteiger partial charge in [-0.25, -0.2) is 4.98 Å². The molecular weight excluding hydrogens is 278 g/mol. The van der Waals surface area contributed by atoms with E-state index in [9.17, 15) is 5.11 Å². The van der Waals surface area contributed by atoms with Crippen molar-refractivity contribution in [3.05, 3.63) is 47.5 Å². The van der Waals surface area contributed by atoms with Crippen molar-refractivity contribution in [2.75, 3.05) is 11.9 Å². The van der Waals surface area contributed by atoms with Gasteiger partial charge < -0.3 is 15.7 Å². The first-order valence-corrected chi connectivity index (χ1v) is 7.18. The predicted molar refractivity (Wildman–Crippen MR) is 82.5 cm³/mol. The maximum Gasteiger partial charge on any atom is 0.188 e. The molecule has 0 aliphatic rings. The molecule has 0 saturated carbocycles. The average molecular weight is 293 g/mol. The number of nitrogens with zero attached hydrogens (tertiary/aromatic N) is 1. The van der Waals surface area contributed by atoms with Crippen LogP contribution < -0.4 is 10.6 Å². The number of anilines is 1. The largest absolute Gasteiger partial charge is 0.394 e. The summed E-state index contributed by atoms with van der Waals surface area (Å²) in [5.74, 6) is 0. The van der Waals surface area contributed by atoms with Crippen molar-refractivity contribution in [3.63, 3.8) is 0 Å². The molecule has 1 aromatic carbocycles. The second-order valence-corrected chi connectivity index (χ2v) is 5.31. The van der Waals surface area contributed by atoms with Crippen LogP contribution in [-0.4, -0.2) is 27.9 Å². The third-order valence-corrected chi connectivity index (χ3v) is 3.44. The first kappa shape index (κ1) is 13.9. The first-order chi connectivity index (χ1) is 9.28. The van der Waals surface area contributed by atoms with Gasteiger partial charge in [-0.2, -0.15) is 0 Å². The molecule has 0 aliphatic carbocycles. The molecule has 1 aromatic heterocycles. The summed E-state index contributed by atoms with van der Waals surface area (Å²) in [6.45, 7) is 0.0224. The lowest BCUT2D eigenvalue weighted by Crippen LogP contribution is -2.41. The summed E-state index contributed by atoms with van der Waals surface area (Å²) in [6.07, 6.45) is 2.43. The molecule has 0 aliphatic heterocycles. The van der Waals surface area contributed by atoms with Crippen LogP contribution in [0.3, 0.4) is 0 Å². The SMILES string of the molecule is OCC(Cc1ccccc1)NC(=S)Nc1nccs1. The number of benzene rings is 1. The van der Waals surface area contributed by atoms with Crippen molar-refractivity contribution in [1.82, 2.24) is 10.3 Å². The maximum absolute atomic E-state index is 9.40. The lowest BCUT2D eigenvalue weighted by Gasteiger charge is -2.18. The highest BCUT2D eigenvalue weighted by molar-refractivity contribution is 7.80. The highest BCUT2D eigenvalue weighted by Gasteiger charge is 2.10. The minimum atomic E-state index is -0.109. The second-order valence-electron chi connectivity index (χ2n) is 4.00. The van der Waals surface area contributed by atoms with Gasteiger partial charge in [0.1, 0.15) is 0 Å². The topological polar surface area (TPSA) is 57.2 Å². The zero-order chi connectivity index (χ0) is 13.5. The van der Waals surface area contributed by atoms with E-state index in [1.807, 2.05) is 35.7 Å². The zero-order valence-corrected chi connectivity index (χ0v) is 11.9. The highest BCUT2D eigenvalue weighted by Crippen LogP contribution is 2.10. The van der Waals surface area contributed by atoms with Gasteiger partial charge in [-0.1, -0.05) is 30.3 Å². The molecule has 0 spiro atoms. The van der Waals surface area contributed by atoms with Gasteiger partial charge >= 0.3 is 0 Å². The molecule has 0 radical (unpaired) electrons. The summed E-state index contributed by atoms with van der Waals surface area (Å²) in [7, 11) is 0. The Labute approximate surface area is 121 Å². The van der Waals surface area contributed by atoms with Gasteiger partial charge in [0.2, 0.25) is 0 Å². The van der Waals surface area contributed by atoms with E-state index in [-0.39, 0.29) is 12.6 Å². The summed E-state index contributed by atoms with van der Waals surface area (Å²) in [6, 6.07) is 9.89. The van der Waals surface area contributed by atoms with Gasteiger partial charge in [-0.15, -0.1) is 11.3 Å². The Bertz CT molecular complexity index is 502. The fourth-order valence-electron chi connectivity index (χ4n) is 1.66. The molecule has 2 aromatic rings.